The van der Waals surface area contributed by atoms with Gasteiger partial charge in [0.25, 0.3) is 0 Å². The molecule has 0 saturated heterocycles. The first-order valence-electron chi connectivity index (χ1n) is 7.36. The van der Waals surface area contributed by atoms with Crippen molar-refractivity contribution in [1.29, 1.82) is 0 Å². The van der Waals surface area contributed by atoms with Gasteiger partial charge < -0.3 is 15.8 Å². The normalized spacial score (nSPS) is 27.4. The molecule has 0 aliphatic heterocycles. The molecule has 0 bridgehead atoms. The average molecular weight is 254 g/mol. The second-order valence-electron chi connectivity index (χ2n) is 5.70. The molecule has 2 fully saturated rings. The molecule has 2 aliphatic rings. The van der Waals surface area contributed by atoms with E-state index in [2.05, 4.69) is 5.32 Å². The van der Waals surface area contributed by atoms with Crippen LogP contribution in [0, 0.1) is 17.8 Å². The second-order valence-corrected chi connectivity index (χ2v) is 5.70. The van der Waals surface area contributed by atoms with Crippen molar-refractivity contribution in [3.05, 3.63) is 0 Å². The number of carbonyl (C=O) groups excluding carboxylic acids is 1. The molecule has 2 aliphatic carbocycles. The number of hydrogen-bond donors (Lipinski definition) is 2. The minimum Gasteiger partial charge on any atom is -0.381 e. The predicted octanol–water partition coefficient (Wildman–Crippen LogP) is 1.29. The molecule has 0 aromatic heterocycles. The van der Waals surface area contributed by atoms with Gasteiger partial charge >= 0.3 is 0 Å². The van der Waals surface area contributed by atoms with E-state index in [1.54, 1.807) is 0 Å². The number of nitrogens with one attached hydrogen (secondary N) is 1. The fourth-order valence-electron chi connectivity index (χ4n) is 2.72. The summed E-state index contributed by atoms with van der Waals surface area (Å²) < 4.78 is 5.54. The topological polar surface area (TPSA) is 64.4 Å². The van der Waals surface area contributed by atoms with E-state index in [9.17, 15) is 4.79 Å². The molecule has 0 aromatic rings. The van der Waals surface area contributed by atoms with Crippen molar-refractivity contribution >= 4 is 5.91 Å². The molecule has 0 aromatic carbocycles. The molecule has 2 atom stereocenters. The van der Waals surface area contributed by atoms with Crippen LogP contribution in [0.1, 0.15) is 38.5 Å². The third kappa shape index (κ3) is 4.25. The summed E-state index contributed by atoms with van der Waals surface area (Å²) in [6.45, 7) is 3.05. The summed E-state index contributed by atoms with van der Waals surface area (Å²) in [5, 5.41) is 3.02. The quantitative estimate of drug-likeness (QED) is 0.642. The molecule has 18 heavy (non-hydrogen) atoms. The zero-order valence-electron chi connectivity index (χ0n) is 11.2. The molecule has 0 spiro atoms. The highest BCUT2D eigenvalue weighted by molar-refractivity contribution is 5.79. The van der Waals surface area contributed by atoms with E-state index in [4.69, 9.17) is 10.5 Å². The lowest BCUT2D eigenvalue weighted by Crippen LogP contribution is -2.35. The van der Waals surface area contributed by atoms with Gasteiger partial charge in [0.15, 0.2) is 0 Å². The van der Waals surface area contributed by atoms with Crippen molar-refractivity contribution in [3.63, 3.8) is 0 Å². The van der Waals surface area contributed by atoms with Crippen molar-refractivity contribution in [2.24, 2.45) is 23.5 Å². The van der Waals surface area contributed by atoms with E-state index in [0.717, 1.165) is 51.4 Å². The maximum atomic E-state index is 12.0. The first-order valence-corrected chi connectivity index (χ1v) is 7.36. The van der Waals surface area contributed by atoms with Crippen LogP contribution in [0.5, 0.6) is 0 Å². The summed E-state index contributed by atoms with van der Waals surface area (Å²) in [5.41, 5.74) is 5.69. The fraction of sp³-hybridized carbons (Fsp3) is 0.929. The van der Waals surface area contributed by atoms with E-state index in [1.807, 2.05) is 0 Å². The molecular weight excluding hydrogens is 228 g/mol. The zero-order valence-corrected chi connectivity index (χ0v) is 11.2. The third-order valence-corrected chi connectivity index (χ3v) is 4.11. The number of ether oxygens (including phenoxy) is 1. The molecule has 4 heteroatoms. The summed E-state index contributed by atoms with van der Waals surface area (Å²) in [7, 11) is 0. The predicted molar refractivity (Wildman–Crippen MR) is 71.1 cm³/mol. The number of carbonyl (C=O) groups is 1. The summed E-state index contributed by atoms with van der Waals surface area (Å²) >= 11 is 0. The SMILES string of the molecule is NCC1CCCC1C(=O)NCCCOCC1CC1. The zero-order chi connectivity index (χ0) is 12.8. The second kappa shape index (κ2) is 7.10. The van der Waals surface area contributed by atoms with Crippen LogP contribution in [0.3, 0.4) is 0 Å². The maximum Gasteiger partial charge on any atom is 0.223 e. The largest absolute Gasteiger partial charge is 0.381 e. The van der Waals surface area contributed by atoms with Gasteiger partial charge in [0.1, 0.15) is 0 Å². The average Bonchev–Trinajstić information content (AvgIpc) is 3.07. The Labute approximate surface area is 110 Å². The first kappa shape index (κ1) is 13.8. The highest BCUT2D eigenvalue weighted by Gasteiger charge is 2.31. The van der Waals surface area contributed by atoms with Crippen molar-refractivity contribution < 1.29 is 9.53 Å². The van der Waals surface area contributed by atoms with E-state index >= 15 is 0 Å². The maximum absolute atomic E-state index is 12.0. The van der Waals surface area contributed by atoms with E-state index < -0.39 is 0 Å². The number of nitrogens with two attached hydrogens (primary N) is 1. The van der Waals surface area contributed by atoms with Crippen LogP contribution in [0.15, 0.2) is 0 Å². The Balaban J connectivity index is 1.50. The van der Waals surface area contributed by atoms with Gasteiger partial charge in [-0.1, -0.05) is 6.42 Å². The lowest BCUT2D eigenvalue weighted by atomic mass is 9.95. The van der Waals surface area contributed by atoms with E-state index in [-0.39, 0.29) is 11.8 Å². The Morgan fingerprint density at radius 2 is 2.11 bits per heavy atom. The smallest absolute Gasteiger partial charge is 0.223 e. The Bertz CT molecular complexity index is 267. The van der Waals surface area contributed by atoms with Crippen LogP contribution in [0.4, 0.5) is 0 Å². The third-order valence-electron chi connectivity index (χ3n) is 4.11. The minimum atomic E-state index is 0.155. The van der Waals surface area contributed by atoms with Gasteiger partial charge in [0.2, 0.25) is 5.91 Å². The van der Waals surface area contributed by atoms with Gasteiger partial charge in [-0.3, -0.25) is 4.79 Å². The summed E-state index contributed by atoms with van der Waals surface area (Å²) in [4.78, 5) is 12.0. The number of amides is 1. The van der Waals surface area contributed by atoms with Crippen LogP contribution in [-0.4, -0.2) is 32.2 Å². The highest BCUT2D eigenvalue weighted by Crippen LogP contribution is 2.31. The standard InChI is InChI=1S/C14H26N2O2/c15-9-12-3-1-4-13(12)14(17)16-7-2-8-18-10-11-5-6-11/h11-13H,1-10,15H2,(H,16,17). The van der Waals surface area contributed by atoms with Crippen LogP contribution in [-0.2, 0) is 9.53 Å². The van der Waals surface area contributed by atoms with Crippen molar-refractivity contribution in [2.75, 3.05) is 26.3 Å². The molecule has 2 unspecified atom stereocenters. The molecule has 3 N–H and O–H groups in total. The first-order chi connectivity index (χ1) is 8.81. The highest BCUT2D eigenvalue weighted by atomic mass is 16.5. The molecule has 4 nitrogen and oxygen atoms in total. The van der Waals surface area contributed by atoms with Gasteiger partial charge in [-0.15, -0.1) is 0 Å². The molecular formula is C14H26N2O2. The molecule has 0 radical (unpaired) electrons. The van der Waals surface area contributed by atoms with Crippen molar-refractivity contribution in [3.8, 4) is 0 Å². The Hall–Kier alpha value is -0.610. The Morgan fingerprint density at radius 1 is 1.28 bits per heavy atom. The minimum absolute atomic E-state index is 0.155. The molecule has 2 saturated carbocycles. The van der Waals surface area contributed by atoms with Crippen LogP contribution < -0.4 is 11.1 Å². The molecule has 1 amide bonds. The van der Waals surface area contributed by atoms with Gasteiger partial charge in [-0.25, -0.2) is 0 Å². The van der Waals surface area contributed by atoms with Crippen molar-refractivity contribution in [1.82, 2.24) is 5.32 Å². The van der Waals surface area contributed by atoms with E-state index in [1.165, 1.54) is 12.8 Å². The summed E-state index contributed by atoms with van der Waals surface area (Å²) in [5.74, 6) is 1.58. The van der Waals surface area contributed by atoms with Gasteiger partial charge in [0, 0.05) is 25.7 Å². The van der Waals surface area contributed by atoms with Gasteiger partial charge in [0.05, 0.1) is 0 Å². The Morgan fingerprint density at radius 3 is 2.83 bits per heavy atom. The monoisotopic (exact) mass is 254 g/mol. The number of hydrogen-bond acceptors (Lipinski definition) is 3. The van der Waals surface area contributed by atoms with Crippen molar-refractivity contribution in [2.45, 2.75) is 38.5 Å². The molecule has 0 heterocycles. The molecule has 104 valence electrons. The lowest BCUT2D eigenvalue weighted by Gasteiger charge is -2.17. The van der Waals surface area contributed by atoms with E-state index in [0.29, 0.717) is 12.5 Å². The number of rotatable bonds is 8. The lowest BCUT2D eigenvalue weighted by molar-refractivity contribution is -0.126. The van der Waals surface area contributed by atoms with Crippen LogP contribution in [0.2, 0.25) is 0 Å². The molecule has 2 rings (SSSR count). The summed E-state index contributed by atoms with van der Waals surface area (Å²) in [6.07, 6.45) is 6.84. The van der Waals surface area contributed by atoms with Crippen LogP contribution in [0.25, 0.3) is 0 Å². The van der Waals surface area contributed by atoms with Gasteiger partial charge in [-0.05, 0) is 50.5 Å². The fourth-order valence-corrected chi connectivity index (χ4v) is 2.72. The van der Waals surface area contributed by atoms with Crippen LogP contribution >= 0.6 is 0 Å². The Kier molecular flexibility index (Phi) is 5.45. The van der Waals surface area contributed by atoms with Gasteiger partial charge in [-0.2, -0.15) is 0 Å². The summed E-state index contributed by atoms with van der Waals surface area (Å²) in [6, 6.07) is 0.